The van der Waals surface area contributed by atoms with Crippen molar-refractivity contribution in [1.82, 2.24) is 0 Å². The van der Waals surface area contributed by atoms with Crippen molar-refractivity contribution in [3.8, 4) is 5.75 Å². The molecule has 0 radical (unpaired) electrons. The summed E-state index contributed by atoms with van der Waals surface area (Å²) in [5, 5.41) is 0.941. The minimum atomic E-state index is 0.431. The molecule has 90 valence electrons. The zero-order valence-electron chi connectivity index (χ0n) is 9.50. The Labute approximate surface area is 133 Å². The summed E-state index contributed by atoms with van der Waals surface area (Å²) in [7, 11) is 0. The van der Waals surface area contributed by atoms with E-state index in [9.17, 15) is 0 Å². The average Bonchev–Trinajstić information content (AvgIpc) is 2.44. The van der Waals surface area contributed by atoms with Crippen LogP contribution in [0.25, 0.3) is 0 Å². The molecule has 0 unspecified atom stereocenters. The molecular formula is C13H9BrCl2OZn. The summed E-state index contributed by atoms with van der Waals surface area (Å²) in [5.41, 5.74) is 0.971. The number of benzene rings is 2. The normalized spacial score (nSPS) is 9.39. The van der Waals surface area contributed by atoms with Crippen LogP contribution >= 0.6 is 36.8 Å². The Balaban J connectivity index is 0.000000771. The van der Waals surface area contributed by atoms with E-state index in [1.54, 1.807) is 18.2 Å². The molecule has 0 aliphatic rings. The molecule has 0 aliphatic carbocycles. The predicted molar refractivity (Wildman–Crippen MR) is 75.0 cm³/mol. The first-order valence-electron chi connectivity index (χ1n) is 5.06. The van der Waals surface area contributed by atoms with Gasteiger partial charge in [-0.3, -0.25) is 0 Å². The monoisotopic (exact) mass is 394 g/mol. The molecule has 5 heteroatoms. The van der Waals surface area contributed by atoms with Crippen molar-refractivity contribution in [3.63, 3.8) is 0 Å². The van der Waals surface area contributed by atoms with Crippen LogP contribution in [-0.2, 0) is 22.9 Å². The fraction of sp³-hybridized carbons (Fsp3) is 0.0769. The van der Waals surface area contributed by atoms with E-state index in [2.05, 4.69) is 19.7 Å². The van der Waals surface area contributed by atoms with Crippen molar-refractivity contribution in [1.29, 1.82) is 0 Å². The Morgan fingerprint density at radius 1 is 1.11 bits per heavy atom. The molecule has 0 atom stereocenters. The van der Waals surface area contributed by atoms with Gasteiger partial charge in [0.05, 0.1) is 11.6 Å². The van der Waals surface area contributed by atoms with E-state index in [-0.39, 0.29) is 0 Å². The molecule has 0 N–H and O–H groups in total. The van der Waals surface area contributed by atoms with Gasteiger partial charge < -0.3 is 4.74 Å². The van der Waals surface area contributed by atoms with E-state index in [0.717, 1.165) is 5.56 Å². The van der Waals surface area contributed by atoms with E-state index in [4.69, 9.17) is 27.9 Å². The van der Waals surface area contributed by atoms with E-state index in [1.807, 2.05) is 24.3 Å². The van der Waals surface area contributed by atoms with Gasteiger partial charge in [0.2, 0.25) is 0 Å². The Bertz CT molecular complexity index is 480. The van der Waals surface area contributed by atoms with Gasteiger partial charge >= 0.3 is 30.0 Å². The van der Waals surface area contributed by atoms with E-state index in [0.29, 0.717) is 22.4 Å². The molecule has 0 heterocycles. The van der Waals surface area contributed by atoms with Crippen molar-refractivity contribution < 1.29 is 21.1 Å². The molecule has 18 heavy (non-hydrogen) atoms. The van der Waals surface area contributed by atoms with Gasteiger partial charge in [-0.15, -0.1) is 5.56 Å². The molecule has 0 fully saturated rings. The number of ether oxygens (including phenoxy) is 1. The maximum atomic E-state index is 5.99. The van der Waals surface area contributed by atoms with Gasteiger partial charge in [-0.25, -0.2) is 0 Å². The molecule has 0 aromatic heterocycles. The Morgan fingerprint density at radius 2 is 1.89 bits per heavy atom. The summed E-state index contributed by atoms with van der Waals surface area (Å²) in [5.74, 6) is 0.589. The molecule has 0 amide bonds. The van der Waals surface area contributed by atoms with Crippen LogP contribution in [0.2, 0.25) is 10.0 Å². The standard InChI is InChI=1S/C13H9Cl2O.BrH.Zn/c14-11-7-4-8-12(13(11)15)16-9-10-5-2-1-3-6-10;;/h1-5,7-8H,9H2;1H;/q-1;;+2/p-1. The van der Waals surface area contributed by atoms with Crippen molar-refractivity contribution in [2.24, 2.45) is 0 Å². The first-order valence-corrected chi connectivity index (χ1v) is 12.8. The van der Waals surface area contributed by atoms with Gasteiger partial charge in [-0.1, -0.05) is 29.3 Å². The van der Waals surface area contributed by atoms with Crippen molar-refractivity contribution in [2.75, 3.05) is 0 Å². The molecule has 2 aromatic rings. The van der Waals surface area contributed by atoms with Crippen LogP contribution in [0.5, 0.6) is 5.75 Å². The number of rotatable bonds is 3. The van der Waals surface area contributed by atoms with Gasteiger partial charge in [0.15, 0.2) is 0 Å². The summed E-state index contributed by atoms with van der Waals surface area (Å²) in [6.07, 6.45) is 0. The summed E-state index contributed by atoms with van der Waals surface area (Å²) in [4.78, 5) is 0. The van der Waals surface area contributed by atoms with Crippen LogP contribution < -0.4 is 4.74 Å². The first-order chi connectivity index (χ1) is 8.77. The van der Waals surface area contributed by atoms with Crippen LogP contribution in [0.15, 0.2) is 42.5 Å². The second-order valence-corrected chi connectivity index (χ2v) is 4.01. The molecule has 2 aromatic carbocycles. The fourth-order valence-electron chi connectivity index (χ4n) is 1.27. The van der Waals surface area contributed by atoms with Gasteiger partial charge in [0.1, 0.15) is 10.8 Å². The zero-order valence-corrected chi connectivity index (χ0v) is 15.6. The number of hydrogen-bond donors (Lipinski definition) is 0. The average molecular weight is 397 g/mol. The quantitative estimate of drug-likeness (QED) is 0.510. The van der Waals surface area contributed by atoms with Crippen LogP contribution in [0.4, 0.5) is 0 Å². The van der Waals surface area contributed by atoms with Crippen LogP contribution in [0.1, 0.15) is 5.56 Å². The molecule has 0 saturated heterocycles. The SMILES string of the molecule is Clc1cccc(OCc2[c-]cccc2)c1Cl.[Zn+][Br]. The van der Waals surface area contributed by atoms with Crippen molar-refractivity contribution in [3.05, 3.63) is 64.1 Å². The summed E-state index contributed by atoms with van der Waals surface area (Å²) in [6.45, 7) is 0.431. The Hall–Kier alpha value is -0.0766. The van der Waals surface area contributed by atoms with Crippen LogP contribution in [0, 0.1) is 6.07 Å². The second kappa shape index (κ2) is 8.93. The zero-order chi connectivity index (χ0) is 13.4. The predicted octanol–water partition coefficient (Wildman–Crippen LogP) is 5.22. The fourth-order valence-corrected chi connectivity index (χ4v) is 1.62. The Kier molecular flexibility index (Phi) is 7.93. The molecule has 1 nitrogen and oxygen atoms in total. The van der Waals surface area contributed by atoms with Gasteiger partial charge in [0, 0.05) is 0 Å². The molecule has 0 aliphatic heterocycles. The summed E-state index contributed by atoms with van der Waals surface area (Å²) < 4.78 is 5.56. The van der Waals surface area contributed by atoms with Crippen molar-refractivity contribution in [2.45, 2.75) is 6.61 Å². The van der Waals surface area contributed by atoms with E-state index >= 15 is 0 Å². The number of halogens is 3. The van der Waals surface area contributed by atoms with Crippen molar-refractivity contribution >= 4 is 36.8 Å². The molecular weight excluding hydrogens is 388 g/mol. The van der Waals surface area contributed by atoms with Crippen LogP contribution in [0.3, 0.4) is 0 Å². The van der Waals surface area contributed by atoms with E-state index in [1.165, 1.54) is 16.3 Å². The second-order valence-electron chi connectivity index (χ2n) is 3.23. The minimum absolute atomic E-state index is 0.431. The van der Waals surface area contributed by atoms with Gasteiger partial charge in [-0.2, -0.15) is 30.3 Å². The third-order valence-electron chi connectivity index (χ3n) is 2.07. The third kappa shape index (κ3) is 4.89. The van der Waals surface area contributed by atoms with Gasteiger partial charge in [-0.05, 0) is 12.1 Å². The third-order valence-corrected chi connectivity index (χ3v) is 2.87. The topological polar surface area (TPSA) is 9.23 Å². The molecule has 0 bridgehead atoms. The van der Waals surface area contributed by atoms with E-state index < -0.39 is 0 Å². The molecule has 0 spiro atoms. The van der Waals surface area contributed by atoms with Gasteiger partial charge in [0.25, 0.3) is 0 Å². The summed E-state index contributed by atoms with van der Waals surface area (Å²) >= 11 is 16.1. The summed E-state index contributed by atoms with van der Waals surface area (Å²) in [6, 6.07) is 16.0. The Morgan fingerprint density at radius 3 is 2.56 bits per heavy atom. The molecule has 0 saturated carbocycles. The van der Waals surface area contributed by atoms with Crippen LogP contribution in [-0.4, -0.2) is 0 Å². The molecule has 2 rings (SSSR count). The maximum absolute atomic E-state index is 5.99. The number of hydrogen-bond acceptors (Lipinski definition) is 1. The first kappa shape index (κ1) is 16.0.